The van der Waals surface area contributed by atoms with Gasteiger partial charge in [0.25, 0.3) is 5.91 Å². The predicted molar refractivity (Wildman–Crippen MR) is 60.3 cm³/mol. The van der Waals surface area contributed by atoms with Crippen LogP contribution in [-0.2, 0) is 9.59 Å². The Morgan fingerprint density at radius 2 is 2.00 bits per heavy atom. The maximum absolute atomic E-state index is 12.2. The summed E-state index contributed by atoms with van der Waals surface area (Å²) < 4.78 is 0. The Morgan fingerprint density at radius 1 is 1.47 bits per heavy atom. The molecule has 6 heteroatoms. The van der Waals surface area contributed by atoms with Crippen LogP contribution in [0.1, 0.15) is 34.1 Å². The van der Waals surface area contributed by atoms with Crippen LogP contribution in [0.5, 0.6) is 0 Å². The summed E-state index contributed by atoms with van der Waals surface area (Å²) in [5, 5.41) is 11.6. The maximum Gasteiger partial charge on any atom is 0.326 e. The highest BCUT2D eigenvalue weighted by Gasteiger charge is 2.52. The van der Waals surface area contributed by atoms with E-state index < -0.39 is 29.5 Å². The zero-order valence-electron chi connectivity index (χ0n) is 10.5. The summed E-state index contributed by atoms with van der Waals surface area (Å²) in [4.78, 5) is 35.7. The van der Waals surface area contributed by atoms with Crippen LogP contribution in [-0.4, -0.2) is 39.5 Å². The fourth-order valence-electron chi connectivity index (χ4n) is 1.82. The lowest BCUT2D eigenvalue weighted by molar-refractivity contribution is -0.148. The molecule has 1 heterocycles. The molecule has 17 heavy (non-hydrogen) atoms. The van der Waals surface area contributed by atoms with E-state index in [-0.39, 0.29) is 12.3 Å². The van der Waals surface area contributed by atoms with Crippen LogP contribution in [0.3, 0.4) is 0 Å². The first kappa shape index (κ1) is 13.5. The summed E-state index contributed by atoms with van der Waals surface area (Å²) in [6.45, 7) is 6.86. The van der Waals surface area contributed by atoms with Gasteiger partial charge in [-0.3, -0.25) is 4.79 Å². The van der Waals surface area contributed by atoms with E-state index >= 15 is 0 Å². The van der Waals surface area contributed by atoms with E-state index in [0.717, 1.165) is 4.90 Å². The number of nitrogens with one attached hydrogen (secondary N) is 1. The third-order valence-corrected chi connectivity index (χ3v) is 3.39. The fraction of sp³-hybridized carbons (Fsp3) is 0.727. The molecule has 2 unspecified atom stereocenters. The molecule has 0 spiro atoms. The number of carbonyl (C=O) groups excluding carboxylic acids is 2. The Labute approximate surface area is 100.0 Å². The Morgan fingerprint density at radius 3 is 2.29 bits per heavy atom. The van der Waals surface area contributed by atoms with Crippen LogP contribution >= 0.6 is 0 Å². The number of hydrogen-bond acceptors (Lipinski definition) is 3. The van der Waals surface area contributed by atoms with Gasteiger partial charge in [0, 0.05) is 0 Å². The van der Waals surface area contributed by atoms with Crippen LogP contribution in [0.15, 0.2) is 0 Å². The molecule has 1 aliphatic heterocycles. The van der Waals surface area contributed by atoms with Gasteiger partial charge in [-0.2, -0.15) is 0 Å². The van der Waals surface area contributed by atoms with E-state index in [1.165, 1.54) is 0 Å². The average Bonchev–Trinajstić information content (AvgIpc) is 2.43. The number of carboxylic acid groups (broad SMARTS) is 1. The van der Waals surface area contributed by atoms with Gasteiger partial charge >= 0.3 is 12.0 Å². The zero-order chi connectivity index (χ0) is 13.4. The number of hydrogen-bond donors (Lipinski definition) is 2. The number of rotatable bonds is 4. The van der Waals surface area contributed by atoms with Gasteiger partial charge in [-0.15, -0.1) is 0 Å². The predicted octanol–water partition coefficient (Wildman–Crippen LogP) is 0.816. The molecule has 1 saturated heterocycles. The second-order valence-corrected chi connectivity index (χ2v) is 4.72. The van der Waals surface area contributed by atoms with Gasteiger partial charge in [-0.05, 0) is 19.3 Å². The molecule has 1 rings (SSSR count). The van der Waals surface area contributed by atoms with Gasteiger partial charge < -0.3 is 10.4 Å². The van der Waals surface area contributed by atoms with Crippen LogP contribution in [0.25, 0.3) is 0 Å². The highest BCUT2D eigenvalue weighted by atomic mass is 16.4. The minimum absolute atomic E-state index is 0.102. The average molecular weight is 242 g/mol. The van der Waals surface area contributed by atoms with Crippen LogP contribution < -0.4 is 5.32 Å². The number of urea groups is 1. The lowest BCUT2D eigenvalue weighted by atomic mass is 9.88. The van der Waals surface area contributed by atoms with Crippen molar-refractivity contribution in [3.63, 3.8) is 0 Å². The molecular weight excluding hydrogens is 224 g/mol. The van der Waals surface area contributed by atoms with E-state index in [1.807, 2.05) is 13.8 Å². The van der Waals surface area contributed by atoms with E-state index in [2.05, 4.69) is 5.32 Å². The number of nitrogens with zero attached hydrogens (tertiary/aromatic N) is 1. The Hall–Kier alpha value is -1.59. The van der Waals surface area contributed by atoms with Gasteiger partial charge in [0.15, 0.2) is 0 Å². The van der Waals surface area contributed by atoms with E-state index in [0.29, 0.717) is 0 Å². The second-order valence-electron chi connectivity index (χ2n) is 4.72. The molecule has 2 atom stereocenters. The van der Waals surface area contributed by atoms with Crippen molar-refractivity contribution in [2.75, 3.05) is 0 Å². The van der Waals surface area contributed by atoms with Crippen LogP contribution in [0.2, 0.25) is 0 Å². The normalized spacial score (nSPS) is 26.3. The molecule has 0 aromatic carbocycles. The Balaban J connectivity index is 3.09. The minimum Gasteiger partial charge on any atom is -0.480 e. The minimum atomic E-state index is -1.16. The summed E-state index contributed by atoms with van der Waals surface area (Å²) in [5.41, 5.74) is -1.01. The third kappa shape index (κ3) is 1.99. The quantitative estimate of drug-likeness (QED) is 0.714. The lowest BCUT2D eigenvalue weighted by Crippen LogP contribution is -2.50. The number of aliphatic carboxylic acids is 1. The SMILES string of the molecule is CCC(C(=O)O)N1C(=O)NC(C)(C(C)C)C1=O. The summed E-state index contributed by atoms with van der Waals surface area (Å²) in [6.07, 6.45) is 0.197. The van der Waals surface area contributed by atoms with Crippen molar-refractivity contribution in [2.24, 2.45) is 5.92 Å². The third-order valence-electron chi connectivity index (χ3n) is 3.39. The topological polar surface area (TPSA) is 86.7 Å². The maximum atomic E-state index is 12.2. The molecular formula is C11H18N2O4. The molecule has 6 nitrogen and oxygen atoms in total. The molecule has 2 N–H and O–H groups in total. The number of amides is 3. The number of carboxylic acids is 1. The van der Waals surface area contributed by atoms with Gasteiger partial charge in [-0.25, -0.2) is 14.5 Å². The van der Waals surface area contributed by atoms with E-state index in [9.17, 15) is 14.4 Å². The second kappa shape index (κ2) is 4.35. The number of carbonyl (C=O) groups is 3. The van der Waals surface area contributed by atoms with Crippen molar-refractivity contribution in [1.29, 1.82) is 0 Å². The Bertz CT molecular complexity index is 366. The molecule has 0 bridgehead atoms. The largest absolute Gasteiger partial charge is 0.480 e. The standard InChI is InChI=1S/C11H18N2O4/c1-5-7(8(14)15)13-9(16)11(4,6(2)3)12-10(13)17/h6-7H,5H2,1-4H3,(H,12,17)(H,14,15). The molecule has 0 aromatic rings. The van der Waals surface area contributed by atoms with E-state index in [1.54, 1.807) is 13.8 Å². The van der Waals surface area contributed by atoms with Gasteiger partial charge in [0.05, 0.1) is 0 Å². The van der Waals surface area contributed by atoms with Gasteiger partial charge in [-0.1, -0.05) is 20.8 Å². The molecule has 3 amide bonds. The molecule has 0 saturated carbocycles. The molecule has 1 fully saturated rings. The first-order chi connectivity index (χ1) is 7.75. The molecule has 0 radical (unpaired) electrons. The van der Waals surface area contributed by atoms with Crippen molar-refractivity contribution in [3.05, 3.63) is 0 Å². The fourth-order valence-corrected chi connectivity index (χ4v) is 1.82. The van der Waals surface area contributed by atoms with E-state index in [4.69, 9.17) is 5.11 Å². The summed E-state index contributed by atoms with van der Waals surface area (Å²) in [7, 11) is 0. The van der Waals surface area contributed by atoms with Gasteiger partial charge in [0.1, 0.15) is 11.6 Å². The molecule has 0 aliphatic carbocycles. The lowest BCUT2D eigenvalue weighted by Gasteiger charge is -2.27. The molecule has 0 aromatic heterocycles. The molecule has 96 valence electrons. The highest BCUT2D eigenvalue weighted by molar-refractivity contribution is 6.09. The van der Waals surface area contributed by atoms with Crippen molar-refractivity contribution >= 4 is 17.9 Å². The van der Waals surface area contributed by atoms with Crippen molar-refractivity contribution in [2.45, 2.75) is 45.7 Å². The first-order valence-electron chi connectivity index (χ1n) is 5.64. The summed E-state index contributed by atoms with van der Waals surface area (Å²) >= 11 is 0. The summed E-state index contributed by atoms with van der Waals surface area (Å²) in [6, 6.07) is -1.72. The van der Waals surface area contributed by atoms with Crippen molar-refractivity contribution in [3.8, 4) is 0 Å². The van der Waals surface area contributed by atoms with Crippen molar-refractivity contribution < 1.29 is 19.5 Å². The van der Waals surface area contributed by atoms with Crippen molar-refractivity contribution in [1.82, 2.24) is 10.2 Å². The van der Waals surface area contributed by atoms with Crippen LogP contribution in [0.4, 0.5) is 4.79 Å². The first-order valence-corrected chi connectivity index (χ1v) is 5.64. The van der Waals surface area contributed by atoms with Crippen LogP contribution in [0, 0.1) is 5.92 Å². The zero-order valence-corrected chi connectivity index (χ0v) is 10.5. The molecule has 1 aliphatic rings. The summed E-state index contributed by atoms with van der Waals surface area (Å²) in [5.74, 6) is -1.73. The number of imide groups is 1. The Kier molecular flexibility index (Phi) is 3.45. The highest BCUT2D eigenvalue weighted by Crippen LogP contribution is 2.27. The smallest absolute Gasteiger partial charge is 0.326 e. The monoisotopic (exact) mass is 242 g/mol. The van der Waals surface area contributed by atoms with Gasteiger partial charge in [0.2, 0.25) is 0 Å².